The van der Waals surface area contributed by atoms with Crippen molar-refractivity contribution in [3.8, 4) is 5.75 Å². The van der Waals surface area contributed by atoms with Gasteiger partial charge in [0, 0.05) is 24.5 Å². The number of amides is 1. The van der Waals surface area contributed by atoms with Crippen LogP contribution in [-0.2, 0) is 9.53 Å². The maximum absolute atomic E-state index is 13.1. The lowest BCUT2D eigenvalue weighted by molar-refractivity contribution is -0.141. The summed E-state index contributed by atoms with van der Waals surface area (Å²) in [5.41, 5.74) is 0.946. The van der Waals surface area contributed by atoms with E-state index in [1.165, 1.54) is 12.1 Å². The van der Waals surface area contributed by atoms with E-state index in [0.717, 1.165) is 5.69 Å². The van der Waals surface area contributed by atoms with Gasteiger partial charge in [-0.1, -0.05) is 6.07 Å². The van der Waals surface area contributed by atoms with E-state index in [9.17, 15) is 9.18 Å². The molecule has 1 saturated heterocycles. The lowest BCUT2D eigenvalue weighted by Crippen LogP contribution is -2.44. The number of rotatable bonds is 4. The highest BCUT2D eigenvalue weighted by atomic mass is 19.1. The van der Waals surface area contributed by atoms with Crippen LogP contribution in [-0.4, -0.2) is 47.1 Å². The Bertz CT molecular complexity index is 689. The molecule has 23 heavy (non-hydrogen) atoms. The number of hydrogen-bond acceptors (Lipinski definition) is 4. The molecule has 2 heterocycles. The second-order valence-electron chi connectivity index (χ2n) is 5.40. The predicted molar refractivity (Wildman–Crippen MR) is 80.5 cm³/mol. The first-order chi connectivity index (χ1) is 11.1. The third-order valence-corrected chi connectivity index (χ3v) is 3.61. The van der Waals surface area contributed by atoms with E-state index in [2.05, 4.69) is 9.97 Å². The van der Waals surface area contributed by atoms with Gasteiger partial charge in [0.15, 0.2) is 6.61 Å². The fourth-order valence-electron chi connectivity index (χ4n) is 2.43. The molecule has 0 bridgehead atoms. The van der Waals surface area contributed by atoms with E-state index < -0.39 is 5.82 Å². The standard InChI is InChI=1S/C16H18FN3O3/c1-11-8-18-16(19-11)14-9-20(5-6-22-14)15(21)10-23-13-4-2-3-12(17)7-13/h2-4,7-8,14H,5-6,9-10H2,1H3,(H,18,19)/t14-/m0/s1. The molecule has 0 aliphatic carbocycles. The maximum Gasteiger partial charge on any atom is 0.260 e. The molecule has 1 aromatic carbocycles. The Kier molecular flexibility index (Phi) is 4.57. The summed E-state index contributed by atoms with van der Waals surface area (Å²) in [6.07, 6.45) is 1.46. The van der Waals surface area contributed by atoms with Crippen LogP contribution in [0.3, 0.4) is 0 Å². The van der Waals surface area contributed by atoms with Crippen molar-refractivity contribution < 1.29 is 18.7 Å². The van der Waals surface area contributed by atoms with Crippen molar-refractivity contribution in [2.45, 2.75) is 13.0 Å². The summed E-state index contributed by atoms with van der Waals surface area (Å²) >= 11 is 0. The number of aromatic nitrogens is 2. The molecule has 1 aromatic heterocycles. The SMILES string of the molecule is Cc1cnc([C@@H]2CN(C(=O)COc3cccc(F)c3)CCO2)[nH]1. The monoisotopic (exact) mass is 319 g/mol. The van der Waals surface area contributed by atoms with Crippen molar-refractivity contribution in [1.29, 1.82) is 0 Å². The molecule has 1 fully saturated rings. The Balaban J connectivity index is 1.56. The molecule has 0 radical (unpaired) electrons. The number of imidazole rings is 1. The number of halogens is 1. The van der Waals surface area contributed by atoms with Crippen LogP contribution in [0.25, 0.3) is 0 Å². The van der Waals surface area contributed by atoms with Crippen LogP contribution >= 0.6 is 0 Å². The van der Waals surface area contributed by atoms with Crippen LogP contribution < -0.4 is 4.74 Å². The van der Waals surface area contributed by atoms with Crippen LogP contribution in [0.2, 0.25) is 0 Å². The smallest absolute Gasteiger partial charge is 0.260 e. The molecule has 1 atom stereocenters. The zero-order chi connectivity index (χ0) is 16.2. The van der Waals surface area contributed by atoms with Crippen molar-refractivity contribution in [3.05, 3.63) is 47.8 Å². The van der Waals surface area contributed by atoms with Gasteiger partial charge in [0.1, 0.15) is 23.5 Å². The minimum absolute atomic E-state index is 0.132. The molecule has 7 heteroatoms. The molecular formula is C16H18FN3O3. The van der Waals surface area contributed by atoms with E-state index in [4.69, 9.17) is 9.47 Å². The Hall–Kier alpha value is -2.41. The van der Waals surface area contributed by atoms with Gasteiger partial charge in [-0.15, -0.1) is 0 Å². The largest absolute Gasteiger partial charge is 0.484 e. The average Bonchev–Trinajstić information content (AvgIpc) is 2.99. The number of nitrogens with zero attached hydrogens (tertiary/aromatic N) is 2. The summed E-state index contributed by atoms with van der Waals surface area (Å²) < 4.78 is 24.1. The molecule has 0 unspecified atom stereocenters. The summed E-state index contributed by atoms with van der Waals surface area (Å²) in [4.78, 5) is 21.3. The number of aryl methyl sites for hydroxylation is 1. The third kappa shape index (κ3) is 3.87. The zero-order valence-corrected chi connectivity index (χ0v) is 12.8. The molecule has 0 spiro atoms. The fraction of sp³-hybridized carbons (Fsp3) is 0.375. The van der Waals surface area contributed by atoms with Crippen molar-refractivity contribution in [2.75, 3.05) is 26.3 Å². The number of aromatic amines is 1. The van der Waals surface area contributed by atoms with Gasteiger partial charge in [0.25, 0.3) is 5.91 Å². The first-order valence-electron chi connectivity index (χ1n) is 7.41. The number of benzene rings is 1. The maximum atomic E-state index is 13.1. The lowest BCUT2D eigenvalue weighted by atomic mass is 10.2. The molecule has 122 valence electrons. The van der Waals surface area contributed by atoms with Crippen LogP contribution in [0.1, 0.15) is 17.6 Å². The van der Waals surface area contributed by atoms with Gasteiger partial charge in [-0.3, -0.25) is 4.79 Å². The number of carbonyl (C=O) groups is 1. The lowest BCUT2D eigenvalue weighted by Gasteiger charge is -2.32. The Morgan fingerprint density at radius 3 is 3.17 bits per heavy atom. The van der Waals surface area contributed by atoms with Gasteiger partial charge in [0.05, 0.1) is 13.2 Å². The zero-order valence-electron chi connectivity index (χ0n) is 12.8. The van der Waals surface area contributed by atoms with Gasteiger partial charge in [-0.2, -0.15) is 0 Å². The minimum atomic E-state index is -0.394. The van der Waals surface area contributed by atoms with Crippen molar-refractivity contribution in [2.24, 2.45) is 0 Å². The minimum Gasteiger partial charge on any atom is -0.484 e. The van der Waals surface area contributed by atoms with Gasteiger partial charge in [-0.25, -0.2) is 9.37 Å². The van der Waals surface area contributed by atoms with E-state index in [1.807, 2.05) is 6.92 Å². The van der Waals surface area contributed by atoms with Crippen LogP contribution in [0.4, 0.5) is 4.39 Å². The molecule has 1 aliphatic rings. The van der Waals surface area contributed by atoms with E-state index >= 15 is 0 Å². The predicted octanol–water partition coefficient (Wildman–Crippen LogP) is 1.84. The van der Waals surface area contributed by atoms with Gasteiger partial charge in [0.2, 0.25) is 0 Å². The van der Waals surface area contributed by atoms with Gasteiger partial charge < -0.3 is 19.4 Å². The second kappa shape index (κ2) is 6.78. The molecule has 3 rings (SSSR count). The number of ether oxygens (including phenoxy) is 2. The van der Waals surface area contributed by atoms with Crippen molar-refractivity contribution >= 4 is 5.91 Å². The number of carbonyl (C=O) groups excluding carboxylic acids is 1. The Morgan fingerprint density at radius 1 is 1.57 bits per heavy atom. The molecule has 1 N–H and O–H groups in total. The highest BCUT2D eigenvalue weighted by Crippen LogP contribution is 2.20. The van der Waals surface area contributed by atoms with Gasteiger partial charge in [-0.05, 0) is 19.1 Å². The van der Waals surface area contributed by atoms with Crippen molar-refractivity contribution in [1.82, 2.24) is 14.9 Å². The number of H-pyrrole nitrogens is 1. The highest BCUT2D eigenvalue weighted by Gasteiger charge is 2.27. The molecule has 6 nitrogen and oxygen atoms in total. The normalized spacial score (nSPS) is 18.0. The van der Waals surface area contributed by atoms with Crippen LogP contribution in [0, 0.1) is 12.7 Å². The molecule has 2 aromatic rings. The molecule has 1 aliphatic heterocycles. The average molecular weight is 319 g/mol. The summed E-state index contributed by atoms with van der Waals surface area (Å²) in [6, 6.07) is 5.73. The third-order valence-electron chi connectivity index (χ3n) is 3.61. The Labute approximate surface area is 133 Å². The first kappa shape index (κ1) is 15.5. The van der Waals surface area contributed by atoms with E-state index in [0.29, 0.717) is 31.3 Å². The summed E-state index contributed by atoms with van der Waals surface area (Å²) in [5.74, 6) is 0.497. The summed E-state index contributed by atoms with van der Waals surface area (Å²) in [6.45, 7) is 3.14. The summed E-state index contributed by atoms with van der Waals surface area (Å²) in [7, 11) is 0. The highest BCUT2D eigenvalue weighted by molar-refractivity contribution is 5.77. The van der Waals surface area contributed by atoms with Crippen molar-refractivity contribution in [3.63, 3.8) is 0 Å². The fourth-order valence-corrected chi connectivity index (χ4v) is 2.43. The van der Waals surface area contributed by atoms with Crippen LogP contribution in [0.5, 0.6) is 5.75 Å². The van der Waals surface area contributed by atoms with Gasteiger partial charge >= 0.3 is 0 Å². The molecule has 0 saturated carbocycles. The second-order valence-corrected chi connectivity index (χ2v) is 5.40. The molecule has 1 amide bonds. The quantitative estimate of drug-likeness (QED) is 0.934. The topological polar surface area (TPSA) is 67.5 Å². The van der Waals surface area contributed by atoms with E-state index in [-0.39, 0.29) is 18.6 Å². The molecular weight excluding hydrogens is 301 g/mol. The Morgan fingerprint density at radius 2 is 2.43 bits per heavy atom. The number of nitrogens with one attached hydrogen (secondary N) is 1. The van der Waals surface area contributed by atoms with Crippen LogP contribution in [0.15, 0.2) is 30.5 Å². The number of morpholine rings is 1. The summed E-state index contributed by atoms with van der Waals surface area (Å²) in [5, 5.41) is 0. The van der Waals surface area contributed by atoms with E-state index in [1.54, 1.807) is 23.2 Å². The number of hydrogen-bond donors (Lipinski definition) is 1. The first-order valence-corrected chi connectivity index (χ1v) is 7.41.